The Morgan fingerprint density at radius 1 is 1.10 bits per heavy atom. The second kappa shape index (κ2) is 6.41. The second-order valence-electron chi connectivity index (χ2n) is 6.40. The summed E-state index contributed by atoms with van der Waals surface area (Å²) in [5.41, 5.74) is 5.63. The number of hydrogen-bond acceptors (Lipinski definition) is 4. The summed E-state index contributed by atoms with van der Waals surface area (Å²) in [6, 6.07) is 0.404. The summed E-state index contributed by atoms with van der Waals surface area (Å²) < 4.78 is 5.77. The van der Waals surface area contributed by atoms with E-state index >= 15 is 0 Å². The van der Waals surface area contributed by atoms with Gasteiger partial charge in [-0.25, -0.2) is 0 Å². The lowest BCUT2D eigenvalue weighted by molar-refractivity contribution is -0.143. The zero-order chi connectivity index (χ0) is 13.9. The molecule has 0 aromatic rings. The number of likely N-dealkylation sites (tertiary alicyclic amines) is 2. The van der Waals surface area contributed by atoms with E-state index in [1.807, 2.05) is 0 Å². The zero-order valence-electron chi connectivity index (χ0n) is 12.3. The van der Waals surface area contributed by atoms with Gasteiger partial charge in [-0.05, 0) is 51.6 Å². The standard InChI is InChI=1S/C15H27N3O2/c16-10-13-5-6-14(20-13)15(19)18-9-3-4-12(18)11-17-7-1-2-8-17/h12-14H,1-11,16H2/t12?,13-,14+/m1/s1. The molecule has 2 N–H and O–H groups in total. The molecule has 1 amide bonds. The van der Waals surface area contributed by atoms with Crippen molar-refractivity contribution < 1.29 is 9.53 Å². The molecule has 0 aromatic heterocycles. The molecular weight excluding hydrogens is 254 g/mol. The maximum absolute atomic E-state index is 12.6. The van der Waals surface area contributed by atoms with Crippen molar-refractivity contribution >= 4 is 5.91 Å². The third kappa shape index (κ3) is 3.00. The van der Waals surface area contributed by atoms with Crippen molar-refractivity contribution in [3.05, 3.63) is 0 Å². The molecule has 0 saturated carbocycles. The number of carbonyl (C=O) groups excluding carboxylic acids is 1. The summed E-state index contributed by atoms with van der Waals surface area (Å²) in [5.74, 6) is 0.211. The van der Waals surface area contributed by atoms with Gasteiger partial charge in [0, 0.05) is 25.7 Å². The van der Waals surface area contributed by atoms with E-state index in [9.17, 15) is 4.79 Å². The van der Waals surface area contributed by atoms with Crippen molar-refractivity contribution in [3.8, 4) is 0 Å². The van der Waals surface area contributed by atoms with E-state index in [2.05, 4.69) is 9.80 Å². The summed E-state index contributed by atoms with van der Waals surface area (Å²) in [7, 11) is 0. The highest BCUT2D eigenvalue weighted by molar-refractivity contribution is 5.81. The molecule has 3 aliphatic rings. The third-order valence-corrected chi connectivity index (χ3v) is 4.97. The molecule has 3 rings (SSSR count). The summed E-state index contributed by atoms with van der Waals surface area (Å²) in [6.07, 6.45) is 6.53. The topological polar surface area (TPSA) is 58.8 Å². The first kappa shape index (κ1) is 14.3. The predicted molar refractivity (Wildman–Crippen MR) is 77.4 cm³/mol. The summed E-state index contributed by atoms with van der Waals surface area (Å²) in [6.45, 7) is 4.89. The van der Waals surface area contributed by atoms with Crippen LogP contribution in [0, 0.1) is 0 Å². The Hall–Kier alpha value is -0.650. The molecule has 3 atom stereocenters. The highest BCUT2D eigenvalue weighted by Crippen LogP contribution is 2.26. The highest BCUT2D eigenvalue weighted by atomic mass is 16.5. The lowest BCUT2D eigenvalue weighted by Crippen LogP contribution is -2.46. The summed E-state index contributed by atoms with van der Waals surface area (Å²) in [5, 5.41) is 0. The van der Waals surface area contributed by atoms with Crippen LogP contribution < -0.4 is 5.73 Å². The van der Waals surface area contributed by atoms with Crippen LogP contribution in [0.2, 0.25) is 0 Å². The van der Waals surface area contributed by atoms with E-state index in [1.54, 1.807) is 0 Å². The average Bonchev–Trinajstić information content (AvgIpc) is 3.20. The van der Waals surface area contributed by atoms with Crippen molar-refractivity contribution in [2.75, 3.05) is 32.7 Å². The first-order valence-electron chi connectivity index (χ1n) is 8.16. The minimum absolute atomic E-state index is 0.0867. The van der Waals surface area contributed by atoms with Gasteiger partial charge >= 0.3 is 0 Å². The normalized spacial score (nSPS) is 35.0. The van der Waals surface area contributed by atoms with Crippen LogP contribution in [-0.2, 0) is 9.53 Å². The Morgan fingerprint density at radius 3 is 2.60 bits per heavy atom. The number of amides is 1. The Labute approximate surface area is 121 Å². The van der Waals surface area contributed by atoms with E-state index < -0.39 is 0 Å². The number of ether oxygens (including phenoxy) is 1. The first-order valence-corrected chi connectivity index (χ1v) is 8.16. The van der Waals surface area contributed by atoms with Crippen molar-refractivity contribution in [3.63, 3.8) is 0 Å². The monoisotopic (exact) mass is 281 g/mol. The molecule has 5 nitrogen and oxygen atoms in total. The first-order chi connectivity index (χ1) is 9.78. The Bertz CT molecular complexity index is 344. The summed E-state index contributed by atoms with van der Waals surface area (Å²) >= 11 is 0. The maximum Gasteiger partial charge on any atom is 0.252 e. The quantitative estimate of drug-likeness (QED) is 0.819. The van der Waals surface area contributed by atoms with Crippen LogP contribution in [0.1, 0.15) is 38.5 Å². The maximum atomic E-state index is 12.6. The zero-order valence-corrected chi connectivity index (χ0v) is 12.3. The van der Waals surface area contributed by atoms with Crippen LogP contribution in [-0.4, -0.2) is 66.7 Å². The van der Waals surface area contributed by atoms with Crippen molar-refractivity contribution in [2.45, 2.75) is 56.8 Å². The van der Waals surface area contributed by atoms with Crippen LogP contribution in [0.5, 0.6) is 0 Å². The molecule has 5 heteroatoms. The van der Waals surface area contributed by atoms with E-state index in [4.69, 9.17) is 10.5 Å². The molecule has 0 bridgehead atoms. The molecule has 3 fully saturated rings. The van der Waals surface area contributed by atoms with E-state index in [0.29, 0.717) is 12.6 Å². The van der Waals surface area contributed by atoms with Gasteiger partial charge in [0.25, 0.3) is 5.91 Å². The molecule has 0 radical (unpaired) electrons. The molecule has 20 heavy (non-hydrogen) atoms. The molecule has 3 aliphatic heterocycles. The lowest BCUT2D eigenvalue weighted by atomic mass is 10.1. The van der Waals surface area contributed by atoms with Gasteiger partial charge in [-0.15, -0.1) is 0 Å². The van der Waals surface area contributed by atoms with Gasteiger partial charge in [0.05, 0.1) is 6.10 Å². The van der Waals surface area contributed by atoms with Gasteiger partial charge in [-0.1, -0.05) is 0 Å². The smallest absolute Gasteiger partial charge is 0.252 e. The molecule has 114 valence electrons. The van der Waals surface area contributed by atoms with Crippen molar-refractivity contribution in [2.24, 2.45) is 5.73 Å². The van der Waals surface area contributed by atoms with Crippen LogP contribution in [0.25, 0.3) is 0 Å². The second-order valence-corrected chi connectivity index (χ2v) is 6.40. The molecule has 3 heterocycles. The number of nitrogens with two attached hydrogens (primary N) is 1. The van der Waals surface area contributed by atoms with E-state index in [0.717, 1.165) is 38.8 Å². The van der Waals surface area contributed by atoms with Crippen LogP contribution in [0.3, 0.4) is 0 Å². The SMILES string of the molecule is NC[C@H]1CC[C@@H](C(=O)N2CCCC2CN2CCCC2)O1. The molecule has 0 aromatic carbocycles. The van der Waals surface area contributed by atoms with Gasteiger partial charge in [-0.2, -0.15) is 0 Å². The number of hydrogen-bond donors (Lipinski definition) is 1. The molecule has 3 saturated heterocycles. The minimum Gasteiger partial charge on any atom is -0.364 e. The molecule has 0 spiro atoms. The van der Waals surface area contributed by atoms with Gasteiger partial charge in [-0.3, -0.25) is 4.79 Å². The highest BCUT2D eigenvalue weighted by Gasteiger charge is 2.38. The van der Waals surface area contributed by atoms with E-state index in [1.165, 1.54) is 25.9 Å². The fourth-order valence-corrected chi connectivity index (χ4v) is 3.82. The largest absolute Gasteiger partial charge is 0.364 e. The van der Waals surface area contributed by atoms with Crippen molar-refractivity contribution in [1.82, 2.24) is 9.80 Å². The van der Waals surface area contributed by atoms with Gasteiger partial charge in [0.2, 0.25) is 0 Å². The third-order valence-electron chi connectivity index (χ3n) is 4.97. The fraction of sp³-hybridized carbons (Fsp3) is 0.933. The number of nitrogens with zero attached hydrogens (tertiary/aromatic N) is 2. The Kier molecular flexibility index (Phi) is 4.58. The lowest BCUT2D eigenvalue weighted by Gasteiger charge is -2.30. The molecule has 0 aliphatic carbocycles. The van der Waals surface area contributed by atoms with Crippen LogP contribution >= 0.6 is 0 Å². The van der Waals surface area contributed by atoms with Gasteiger partial charge < -0.3 is 20.3 Å². The van der Waals surface area contributed by atoms with Gasteiger partial charge in [0.1, 0.15) is 6.10 Å². The minimum atomic E-state index is -0.234. The van der Waals surface area contributed by atoms with Crippen molar-refractivity contribution in [1.29, 1.82) is 0 Å². The van der Waals surface area contributed by atoms with E-state index in [-0.39, 0.29) is 18.1 Å². The predicted octanol–water partition coefficient (Wildman–Crippen LogP) is 0.580. The van der Waals surface area contributed by atoms with Gasteiger partial charge in [0.15, 0.2) is 0 Å². The summed E-state index contributed by atoms with van der Waals surface area (Å²) in [4.78, 5) is 17.2. The average molecular weight is 281 g/mol. The Morgan fingerprint density at radius 2 is 1.90 bits per heavy atom. The molecule has 1 unspecified atom stereocenters. The van der Waals surface area contributed by atoms with Crippen LogP contribution in [0.15, 0.2) is 0 Å². The Balaban J connectivity index is 1.55. The van der Waals surface area contributed by atoms with Crippen LogP contribution in [0.4, 0.5) is 0 Å². The molecular formula is C15H27N3O2. The fourth-order valence-electron chi connectivity index (χ4n) is 3.82. The number of carbonyl (C=O) groups is 1. The number of rotatable bonds is 4.